The summed E-state index contributed by atoms with van der Waals surface area (Å²) in [5.41, 5.74) is 2.60. The Bertz CT molecular complexity index is 945. The third kappa shape index (κ3) is 3.74. The molecule has 6 heteroatoms. The van der Waals surface area contributed by atoms with Crippen molar-refractivity contribution in [1.29, 1.82) is 0 Å². The minimum Gasteiger partial charge on any atom is -0.425 e. The van der Waals surface area contributed by atoms with E-state index in [9.17, 15) is 9.59 Å². The van der Waals surface area contributed by atoms with Crippen LogP contribution in [0, 0.1) is 6.92 Å². The van der Waals surface area contributed by atoms with Gasteiger partial charge in [-0.3, -0.25) is 4.79 Å². The van der Waals surface area contributed by atoms with E-state index < -0.39 is 0 Å². The topological polar surface area (TPSA) is 60.3 Å². The summed E-state index contributed by atoms with van der Waals surface area (Å²) in [6.45, 7) is 3.51. The van der Waals surface area contributed by atoms with Crippen LogP contribution in [0.4, 0.5) is 5.69 Å². The van der Waals surface area contributed by atoms with E-state index in [1.54, 1.807) is 24.3 Å². The van der Waals surface area contributed by atoms with E-state index >= 15 is 0 Å². The zero-order chi connectivity index (χ0) is 18.0. The predicted molar refractivity (Wildman–Crippen MR) is 101 cm³/mol. The van der Waals surface area contributed by atoms with Gasteiger partial charge in [-0.25, -0.2) is 4.79 Å². The molecule has 3 aromatic rings. The first-order valence-electron chi connectivity index (χ1n) is 7.77. The second kappa shape index (κ2) is 7.11. The predicted octanol–water partition coefficient (Wildman–Crippen LogP) is 4.28. The lowest BCUT2D eigenvalue weighted by Crippen LogP contribution is -2.17. The Morgan fingerprint density at radius 3 is 2.48 bits per heavy atom. The normalized spacial score (nSPS) is 10.7. The van der Waals surface area contributed by atoms with Gasteiger partial charge < -0.3 is 14.6 Å². The molecule has 2 aromatic carbocycles. The zero-order valence-corrected chi connectivity index (χ0v) is 15.5. The van der Waals surface area contributed by atoms with Crippen molar-refractivity contribution < 1.29 is 14.3 Å². The maximum Gasteiger partial charge on any atom is 0.331 e. The van der Waals surface area contributed by atoms with Gasteiger partial charge in [0, 0.05) is 33.7 Å². The Morgan fingerprint density at radius 2 is 1.80 bits per heavy atom. The third-order valence-corrected chi connectivity index (χ3v) is 4.85. The molecule has 0 saturated carbocycles. The minimum absolute atomic E-state index is 0.116. The zero-order valence-electron chi connectivity index (χ0n) is 13.9. The Balaban J connectivity index is 1.75. The van der Waals surface area contributed by atoms with Crippen molar-refractivity contribution in [2.24, 2.45) is 0 Å². The van der Waals surface area contributed by atoms with Crippen LogP contribution in [0.25, 0.3) is 10.9 Å². The van der Waals surface area contributed by atoms with Crippen LogP contribution in [0.5, 0.6) is 5.75 Å². The lowest BCUT2D eigenvalue weighted by atomic mass is 10.2. The number of esters is 1. The van der Waals surface area contributed by atoms with E-state index in [0.29, 0.717) is 11.4 Å². The molecule has 0 aliphatic carbocycles. The number of carbonyl (C=O) groups is 2. The molecule has 0 aliphatic heterocycles. The van der Waals surface area contributed by atoms with E-state index in [2.05, 4.69) is 21.2 Å². The number of carbonyl (C=O) groups excluding carboxylic acids is 2. The Hall–Kier alpha value is -2.60. The highest BCUT2D eigenvalue weighted by Crippen LogP contribution is 2.30. The molecule has 25 heavy (non-hydrogen) atoms. The lowest BCUT2D eigenvalue weighted by Gasteiger charge is -2.09. The molecule has 3 rings (SSSR count). The molecule has 0 fully saturated rings. The monoisotopic (exact) mass is 400 g/mol. The molecule has 1 amide bonds. The summed E-state index contributed by atoms with van der Waals surface area (Å²) in [7, 11) is 0. The van der Waals surface area contributed by atoms with Crippen LogP contribution in [0.2, 0.25) is 0 Å². The summed E-state index contributed by atoms with van der Waals surface area (Å²) in [5, 5.41) is 3.73. The van der Waals surface area contributed by atoms with Gasteiger partial charge in [-0.1, -0.05) is 18.2 Å². The van der Waals surface area contributed by atoms with Crippen molar-refractivity contribution in [1.82, 2.24) is 4.57 Å². The molecule has 0 atom stereocenters. The van der Waals surface area contributed by atoms with Crippen molar-refractivity contribution in [3.05, 3.63) is 58.7 Å². The van der Waals surface area contributed by atoms with Gasteiger partial charge in [0.1, 0.15) is 12.3 Å². The standard InChI is InChI=1S/C19H17BrN2O3/c1-12-19(20)16-5-3-4-6-17(16)22(12)11-18(24)25-15-9-7-14(8-10-15)21-13(2)23/h3-10H,11H2,1-2H3,(H,21,23). The molecule has 1 heterocycles. The molecule has 1 N–H and O–H groups in total. The summed E-state index contributed by atoms with van der Waals surface area (Å²) >= 11 is 3.58. The van der Waals surface area contributed by atoms with Gasteiger partial charge in [0.2, 0.25) is 5.91 Å². The fourth-order valence-corrected chi connectivity index (χ4v) is 3.24. The number of hydrogen-bond acceptors (Lipinski definition) is 3. The molecule has 0 bridgehead atoms. The first kappa shape index (κ1) is 17.2. The quantitative estimate of drug-likeness (QED) is 0.525. The molecule has 128 valence electrons. The van der Waals surface area contributed by atoms with Gasteiger partial charge in [-0.05, 0) is 53.2 Å². The van der Waals surface area contributed by atoms with Crippen LogP contribution in [-0.2, 0) is 16.1 Å². The molecule has 0 spiro atoms. The van der Waals surface area contributed by atoms with Crippen molar-refractivity contribution in [3.63, 3.8) is 0 Å². The number of aromatic nitrogens is 1. The lowest BCUT2D eigenvalue weighted by molar-refractivity contribution is -0.135. The fraction of sp³-hybridized carbons (Fsp3) is 0.158. The minimum atomic E-state index is -0.358. The summed E-state index contributed by atoms with van der Waals surface area (Å²) in [4.78, 5) is 23.3. The van der Waals surface area contributed by atoms with E-state index in [4.69, 9.17) is 4.74 Å². The maximum atomic E-state index is 12.3. The number of para-hydroxylation sites is 1. The Morgan fingerprint density at radius 1 is 1.12 bits per heavy atom. The second-order valence-corrected chi connectivity index (χ2v) is 6.48. The van der Waals surface area contributed by atoms with Gasteiger partial charge >= 0.3 is 5.97 Å². The van der Waals surface area contributed by atoms with Crippen molar-refractivity contribution in [2.45, 2.75) is 20.4 Å². The number of benzene rings is 2. The van der Waals surface area contributed by atoms with Gasteiger partial charge in [-0.15, -0.1) is 0 Å². The second-order valence-electron chi connectivity index (χ2n) is 5.68. The highest BCUT2D eigenvalue weighted by atomic mass is 79.9. The smallest absolute Gasteiger partial charge is 0.331 e. The molecular weight excluding hydrogens is 384 g/mol. The highest BCUT2D eigenvalue weighted by Gasteiger charge is 2.15. The number of fused-ring (bicyclic) bond motifs is 1. The van der Waals surface area contributed by atoms with E-state index in [0.717, 1.165) is 21.1 Å². The number of nitrogens with zero attached hydrogens (tertiary/aromatic N) is 1. The van der Waals surface area contributed by atoms with Crippen LogP contribution >= 0.6 is 15.9 Å². The van der Waals surface area contributed by atoms with E-state index in [1.165, 1.54) is 6.92 Å². The highest BCUT2D eigenvalue weighted by molar-refractivity contribution is 9.10. The molecule has 0 aliphatic rings. The van der Waals surface area contributed by atoms with Crippen molar-refractivity contribution in [3.8, 4) is 5.75 Å². The number of hydrogen-bond donors (Lipinski definition) is 1. The average Bonchev–Trinajstić information content (AvgIpc) is 2.82. The van der Waals surface area contributed by atoms with Crippen LogP contribution in [0.1, 0.15) is 12.6 Å². The number of amides is 1. The maximum absolute atomic E-state index is 12.3. The van der Waals surface area contributed by atoms with E-state index in [-0.39, 0.29) is 18.4 Å². The first-order chi connectivity index (χ1) is 12.0. The molecule has 0 unspecified atom stereocenters. The van der Waals surface area contributed by atoms with Gasteiger partial charge in [0.05, 0.1) is 0 Å². The molecule has 1 aromatic heterocycles. The van der Waals surface area contributed by atoms with Crippen LogP contribution in [0.15, 0.2) is 53.0 Å². The summed E-state index contributed by atoms with van der Waals surface area (Å²) in [6, 6.07) is 14.6. The van der Waals surface area contributed by atoms with Gasteiger partial charge in [0.15, 0.2) is 0 Å². The molecule has 5 nitrogen and oxygen atoms in total. The fourth-order valence-electron chi connectivity index (χ4n) is 2.69. The van der Waals surface area contributed by atoms with Crippen molar-refractivity contribution >= 4 is 44.4 Å². The number of rotatable bonds is 4. The molecular formula is C19H17BrN2O3. The average molecular weight is 401 g/mol. The Kier molecular flexibility index (Phi) is 4.90. The molecule has 0 saturated heterocycles. The van der Waals surface area contributed by atoms with Gasteiger partial charge in [0.25, 0.3) is 0 Å². The summed E-state index contributed by atoms with van der Waals surface area (Å²) < 4.78 is 8.31. The number of halogens is 1. The number of nitrogens with one attached hydrogen (secondary N) is 1. The number of anilines is 1. The number of ether oxygens (including phenoxy) is 1. The SMILES string of the molecule is CC(=O)Nc1ccc(OC(=O)Cn2c(C)c(Br)c3ccccc32)cc1. The van der Waals surface area contributed by atoms with Gasteiger partial charge in [-0.2, -0.15) is 0 Å². The van der Waals surface area contributed by atoms with Crippen LogP contribution < -0.4 is 10.1 Å². The largest absolute Gasteiger partial charge is 0.425 e. The van der Waals surface area contributed by atoms with Crippen LogP contribution in [-0.4, -0.2) is 16.4 Å². The third-order valence-electron chi connectivity index (χ3n) is 3.85. The molecule has 0 radical (unpaired) electrons. The Labute approximate surface area is 153 Å². The van der Waals surface area contributed by atoms with Crippen molar-refractivity contribution in [2.75, 3.05) is 5.32 Å². The van der Waals surface area contributed by atoms with Crippen LogP contribution in [0.3, 0.4) is 0 Å². The first-order valence-corrected chi connectivity index (χ1v) is 8.56. The summed E-state index contributed by atoms with van der Waals surface area (Å²) in [6.07, 6.45) is 0. The summed E-state index contributed by atoms with van der Waals surface area (Å²) in [5.74, 6) is -0.0683. The van der Waals surface area contributed by atoms with E-state index in [1.807, 2.05) is 35.8 Å².